The lowest BCUT2D eigenvalue weighted by atomic mass is 10.2. The maximum absolute atomic E-state index is 12.9. The molecule has 13 heavy (non-hydrogen) atoms. The second kappa shape index (κ2) is 3.20. The van der Waals surface area contributed by atoms with E-state index in [1.165, 1.54) is 23.5 Å². The molecule has 0 aliphatic carbocycles. The van der Waals surface area contributed by atoms with Crippen LogP contribution in [0.15, 0.2) is 22.4 Å². The molecule has 1 aromatic carbocycles. The van der Waals surface area contributed by atoms with Crippen molar-refractivity contribution in [1.82, 2.24) is 0 Å². The lowest BCUT2D eigenvalue weighted by molar-refractivity contribution is 0.630. The second-order valence-electron chi connectivity index (χ2n) is 2.67. The molecule has 0 amide bonds. The molecule has 0 unspecified atom stereocenters. The van der Waals surface area contributed by atoms with Gasteiger partial charge in [-0.2, -0.15) is 0 Å². The van der Waals surface area contributed by atoms with Gasteiger partial charge in [-0.05, 0) is 18.4 Å². The van der Waals surface area contributed by atoms with Crippen molar-refractivity contribution in [3.63, 3.8) is 0 Å². The summed E-state index contributed by atoms with van der Waals surface area (Å²) in [5.74, 6) is -0.264. The van der Waals surface area contributed by atoms with Gasteiger partial charge >= 0.3 is 0 Å². The third-order valence-electron chi connectivity index (χ3n) is 1.86. The molecule has 68 valence electrons. The number of fused-ring (bicyclic) bond motifs is 1. The zero-order chi connectivity index (χ0) is 9.42. The van der Waals surface area contributed by atoms with Crippen LogP contribution in [0.1, 0.15) is 0 Å². The van der Waals surface area contributed by atoms with E-state index < -0.39 is 0 Å². The Morgan fingerprint density at radius 2 is 2.23 bits per heavy atom. The fourth-order valence-corrected chi connectivity index (χ4v) is 3.19. The van der Waals surface area contributed by atoms with Crippen LogP contribution in [0.25, 0.3) is 10.1 Å². The SMILES string of the molecule is CSc1csc2cc(F)cc(N)c12. The van der Waals surface area contributed by atoms with Gasteiger partial charge < -0.3 is 5.73 Å². The van der Waals surface area contributed by atoms with Crippen molar-refractivity contribution in [3.05, 3.63) is 23.3 Å². The molecule has 0 saturated carbocycles. The zero-order valence-electron chi connectivity index (χ0n) is 7.00. The van der Waals surface area contributed by atoms with E-state index in [0.29, 0.717) is 5.69 Å². The molecule has 2 N–H and O–H groups in total. The number of hydrogen-bond acceptors (Lipinski definition) is 3. The summed E-state index contributed by atoms with van der Waals surface area (Å²) >= 11 is 3.16. The first-order chi connectivity index (χ1) is 6.22. The van der Waals surface area contributed by atoms with E-state index in [9.17, 15) is 4.39 Å². The normalized spacial score (nSPS) is 10.9. The Balaban J connectivity index is 2.82. The molecule has 0 bridgehead atoms. The highest BCUT2D eigenvalue weighted by molar-refractivity contribution is 7.99. The zero-order valence-corrected chi connectivity index (χ0v) is 8.64. The number of anilines is 1. The van der Waals surface area contributed by atoms with E-state index in [2.05, 4.69) is 0 Å². The maximum Gasteiger partial charge on any atom is 0.126 e. The molecule has 1 aromatic heterocycles. The second-order valence-corrected chi connectivity index (χ2v) is 4.43. The van der Waals surface area contributed by atoms with Crippen LogP contribution in [0.2, 0.25) is 0 Å². The van der Waals surface area contributed by atoms with Crippen LogP contribution in [-0.2, 0) is 0 Å². The van der Waals surface area contributed by atoms with Crippen molar-refractivity contribution >= 4 is 38.9 Å². The molecule has 1 heterocycles. The van der Waals surface area contributed by atoms with Crippen molar-refractivity contribution in [2.45, 2.75) is 4.90 Å². The largest absolute Gasteiger partial charge is 0.398 e. The number of rotatable bonds is 1. The summed E-state index contributed by atoms with van der Waals surface area (Å²) in [6, 6.07) is 2.89. The van der Waals surface area contributed by atoms with Crippen LogP contribution < -0.4 is 5.73 Å². The van der Waals surface area contributed by atoms with Crippen LogP contribution >= 0.6 is 23.1 Å². The predicted octanol–water partition coefficient (Wildman–Crippen LogP) is 3.34. The Hall–Kier alpha value is -0.740. The van der Waals surface area contributed by atoms with Crippen molar-refractivity contribution < 1.29 is 4.39 Å². The van der Waals surface area contributed by atoms with Gasteiger partial charge in [-0.1, -0.05) is 0 Å². The highest BCUT2D eigenvalue weighted by Crippen LogP contribution is 2.36. The van der Waals surface area contributed by atoms with Gasteiger partial charge in [0, 0.05) is 26.0 Å². The third kappa shape index (κ3) is 1.40. The molecule has 2 aromatic rings. The number of benzene rings is 1. The Kier molecular flexibility index (Phi) is 2.17. The number of nitrogen functional groups attached to an aromatic ring is 1. The fraction of sp³-hybridized carbons (Fsp3) is 0.111. The quantitative estimate of drug-likeness (QED) is 0.580. The van der Waals surface area contributed by atoms with Gasteiger partial charge in [0.05, 0.1) is 0 Å². The maximum atomic E-state index is 12.9. The first kappa shape index (κ1) is 8.84. The van der Waals surface area contributed by atoms with E-state index in [1.807, 2.05) is 11.6 Å². The lowest BCUT2D eigenvalue weighted by Crippen LogP contribution is -1.87. The third-order valence-corrected chi connectivity index (χ3v) is 3.70. The fourth-order valence-electron chi connectivity index (χ4n) is 1.28. The van der Waals surface area contributed by atoms with Crippen LogP contribution in [0, 0.1) is 5.82 Å². The molecule has 0 aliphatic heterocycles. The Bertz CT molecular complexity index is 450. The summed E-state index contributed by atoms with van der Waals surface area (Å²) in [6.45, 7) is 0. The van der Waals surface area contributed by atoms with Gasteiger partial charge in [0.15, 0.2) is 0 Å². The highest BCUT2D eigenvalue weighted by Gasteiger charge is 2.07. The molecule has 0 spiro atoms. The summed E-state index contributed by atoms with van der Waals surface area (Å²) in [7, 11) is 0. The number of hydrogen-bond donors (Lipinski definition) is 1. The van der Waals surface area contributed by atoms with E-state index in [-0.39, 0.29) is 5.82 Å². The van der Waals surface area contributed by atoms with E-state index in [1.54, 1.807) is 11.8 Å². The minimum absolute atomic E-state index is 0.264. The van der Waals surface area contributed by atoms with E-state index >= 15 is 0 Å². The molecule has 0 fully saturated rings. The van der Waals surface area contributed by atoms with Crippen LogP contribution in [0.3, 0.4) is 0 Å². The molecule has 4 heteroatoms. The molecule has 0 aliphatic rings. The van der Waals surface area contributed by atoms with Gasteiger partial charge in [-0.15, -0.1) is 23.1 Å². The van der Waals surface area contributed by atoms with Gasteiger partial charge in [0.25, 0.3) is 0 Å². The average molecular weight is 213 g/mol. The summed E-state index contributed by atoms with van der Waals surface area (Å²) in [6.07, 6.45) is 1.99. The van der Waals surface area contributed by atoms with Crippen LogP contribution in [0.5, 0.6) is 0 Å². The molecule has 0 atom stereocenters. The van der Waals surface area contributed by atoms with Gasteiger partial charge in [-0.3, -0.25) is 0 Å². The molecular formula is C9H8FNS2. The molecule has 1 nitrogen and oxygen atoms in total. The highest BCUT2D eigenvalue weighted by atomic mass is 32.2. The van der Waals surface area contributed by atoms with E-state index in [4.69, 9.17) is 5.73 Å². The predicted molar refractivity (Wildman–Crippen MR) is 58.0 cm³/mol. The Morgan fingerprint density at radius 3 is 2.92 bits per heavy atom. The smallest absolute Gasteiger partial charge is 0.126 e. The summed E-state index contributed by atoms with van der Waals surface area (Å²) in [5.41, 5.74) is 6.26. The van der Waals surface area contributed by atoms with E-state index in [0.717, 1.165) is 15.0 Å². The average Bonchev–Trinajstić information content (AvgIpc) is 2.47. The minimum atomic E-state index is -0.264. The van der Waals surface area contributed by atoms with Crippen LogP contribution in [-0.4, -0.2) is 6.26 Å². The first-order valence-corrected chi connectivity index (χ1v) is 5.83. The van der Waals surface area contributed by atoms with Gasteiger partial charge in [-0.25, -0.2) is 4.39 Å². The van der Waals surface area contributed by atoms with Gasteiger partial charge in [0.1, 0.15) is 5.82 Å². The van der Waals surface area contributed by atoms with Crippen LogP contribution in [0.4, 0.5) is 10.1 Å². The molecular weight excluding hydrogens is 205 g/mol. The van der Waals surface area contributed by atoms with Crippen molar-refractivity contribution in [1.29, 1.82) is 0 Å². The summed E-state index contributed by atoms with van der Waals surface area (Å²) in [4.78, 5) is 1.12. The summed E-state index contributed by atoms with van der Waals surface area (Å²) in [5, 5.41) is 2.99. The van der Waals surface area contributed by atoms with Crippen molar-refractivity contribution in [2.75, 3.05) is 12.0 Å². The Morgan fingerprint density at radius 1 is 1.46 bits per heavy atom. The number of thioether (sulfide) groups is 1. The number of thiophene rings is 1. The standard InChI is InChI=1S/C9H8FNS2/c1-12-8-4-13-7-3-5(10)2-6(11)9(7)8/h2-4H,11H2,1H3. The molecule has 2 rings (SSSR count). The molecule has 0 radical (unpaired) electrons. The van der Waals surface area contributed by atoms with Gasteiger partial charge in [0.2, 0.25) is 0 Å². The molecule has 0 saturated heterocycles. The Labute approximate surface area is 83.7 Å². The lowest BCUT2D eigenvalue weighted by Gasteiger charge is -1.99. The summed E-state index contributed by atoms with van der Waals surface area (Å²) < 4.78 is 13.8. The number of nitrogens with two attached hydrogens (primary N) is 1. The van der Waals surface area contributed by atoms with Crippen molar-refractivity contribution in [2.24, 2.45) is 0 Å². The monoisotopic (exact) mass is 213 g/mol. The van der Waals surface area contributed by atoms with Crippen molar-refractivity contribution in [3.8, 4) is 0 Å². The number of halogens is 1. The first-order valence-electron chi connectivity index (χ1n) is 3.72. The minimum Gasteiger partial charge on any atom is -0.398 e. The topological polar surface area (TPSA) is 26.0 Å².